The van der Waals surface area contributed by atoms with E-state index in [1.807, 2.05) is 0 Å². The fourth-order valence-electron chi connectivity index (χ4n) is 2.16. The van der Waals surface area contributed by atoms with Crippen LogP contribution in [0.15, 0.2) is 17.4 Å². The van der Waals surface area contributed by atoms with E-state index in [0.717, 1.165) is 0 Å². The molecular formula is C10H12N4O5. The second kappa shape index (κ2) is 4.38. The van der Waals surface area contributed by atoms with Crippen molar-refractivity contribution in [1.82, 2.24) is 19.5 Å². The maximum Gasteiger partial charge on any atom is 0.278 e. The summed E-state index contributed by atoms with van der Waals surface area (Å²) in [6.07, 6.45) is -1.78. The number of ether oxygens (including phenoxy) is 1. The normalized spacial score (nSPS) is 31.1. The second-order valence-electron chi connectivity index (χ2n) is 4.28. The summed E-state index contributed by atoms with van der Waals surface area (Å²) in [4.78, 5) is 21.8. The van der Waals surface area contributed by atoms with Gasteiger partial charge in [0.05, 0.1) is 19.3 Å². The zero-order valence-corrected chi connectivity index (χ0v) is 9.67. The van der Waals surface area contributed by atoms with Crippen molar-refractivity contribution in [2.75, 3.05) is 6.61 Å². The number of nitrogens with one attached hydrogen (secondary N) is 1. The zero-order valence-electron chi connectivity index (χ0n) is 9.67. The van der Waals surface area contributed by atoms with Crippen LogP contribution in [0.4, 0.5) is 0 Å². The molecule has 19 heavy (non-hydrogen) atoms. The van der Waals surface area contributed by atoms with Gasteiger partial charge >= 0.3 is 0 Å². The Kier molecular flexibility index (Phi) is 2.82. The van der Waals surface area contributed by atoms with Crippen molar-refractivity contribution >= 4 is 11.2 Å². The molecule has 2 aromatic heterocycles. The number of rotatable bonds is 2. The lowest BCUT2D eigenvalue weighted by atomic mass is 10.1. The molecule has 0 aromatic carbocycles. The van der Waals surface area contributed by atoms with Crippen LogP contribution >= 0.6 is 0 Å². The minimum atomic E-state index is -1.24. The molecule has 0 spiro atoms. The number of aromatic amines is 1. The van der Waals surface area contributed by atoms with Crippen LogP contribution in [0.25, 0.3) is 11.2 Å². The molecule has 0 saturated carbocycles. The molecule has 0 radical (unpaired) electrons. The average Bonchev–Trinajstić information content (AvgIpc) is 2.94. The van der Waals surface area contributed by atoms with Gasteiger partial charge in [-0.1, -0.05) is 0 Å². The lowest BCUT2D eigenvalue weighted by Crippen LogP contribution is -2.33. The molecule has 0 bridgehead atoms. The quantitative estimate of drug-likeness (QED) is 0.483. The van der Waals surface area contributed by atoms with Crippen molar-refractivity contribution in [1.29, 1.82) is 0 Å². The van der Waals surface area contributed by atoms with Gasteiger partial charge in [-0.2, -0.15) is 0 Å². The first-order valence-electron chi connectivity index (χ1n) is 5.66. The third-order valence-corrected chi connectivity index (χ3v) is 3.16. The fourth-order valence-corrected chi connectivity index (χ4v) is 2.16. The summed E-state index contributed by atoms with van der Waals surface area (Å²) in [5.41, 5.74) is -0.0608. The zero-order chi connectivity index (χ0) is 13.6. The Balaban J connectivity index is 2.06. The Morgan fingerprint density at radius 1 is 1.47 bits per heavy atom. The van der Waals surface area contributed by atoms with Crippen LogP contribution in [0, 0.1) is 0 Å². The number of aliphatic hydroxyl groups excluding tert-OH is 3. The van der Waals surface area contributed by atoms with E-state index < -0.39 is 36.7 Å². The highest BCUT2D eigenvalue weighted by molar-refractivity contribution is 5.68. The van der Waals surface area contributed by atoms with Crippen LogP contribution in [-0.4, -0.2) is 59.8 Å². The van der Waals surface area contributed by atoms with Crippen molar-refractivity contribution in [3.8, 4) is 0 Å². The summed E-state index contributed by atoms with van der Waals surface area (Å²) in [6.45, 7) is -0.421. The first-order valence-corrected chi connectivity index (χ1v) is 5.66. The van der Waals surface area contributed by atoms with Gasteiger partial charge in [0.15, 0.2) is 17.4 Å². The van der Waals surface area contributed by atoms with Crippen LogP contribution in [0.1, 0.15) is 6.23 Å². The predicted molar refractivity (Wildman–Crippen MR) is 61.2 cm³/mol. The smallest absolute Gasteiger partial charge is 0.278 e. The lowest BCUT2D eigenvalue weighted by molar-refractivity contribution is -0.0511. The number of hydrogen-bond acceptors (Lipinski definition) is 7. The molecular weight excluding hydrogens is 258 g/mol. The Bertz CT molecular complexity index is 653. The summed E-state index contributed by atoms with van der Waals surface area (Å²) < 4.78 is 6.70. The summed E-state index contributed by atoms with van der Waals surface area (Å²) in [5.74, 6) is 0. The van der Waals surface area contributed by atoms with Crippen LogP contribution in [0.2, 0.25) is 0 Å². The van der Waals surface area contributed by atoms with E-state index in [-0.39, 0.29) is 11.2 Å². The van der Waals surface area contributed by atoms with Crippen molar-refractivity contribution in [2.45, 2.75) is 24.5 Å². The topological polar surface area (TPSA) is 133 Å². The molecule has 9 nitrogen and oxygen atoms in total. The third-order valence-electron chi connectivity index (χ3n) is 3.16. The molecule has 1 aliphatic rings. The number of nitrogens with zero attached hydrogens (tertiary/aromatic N) is 3. The Morgan fingerprint density at radius 2 is 2.26 bits per heavy atom. The standard InChI is InChI=1S/C10H12N4O5/c15-1-4-6(16)7(17)10(19-4)14-3-13-5-8(14)11-2-12-9(5)18/h2-4,6-7,10,15-17H,1H2,(H,11,12,18)/t4-,6-,7-,10-/m1/s1/i3+2. The van der Waals surface area contributed by atoms with Crippen LogP contribution < -0.4 is 5.56 Å². The van der Waals surface area contributed by atoms with Gasteiger partial charge < -0.3 is 25.0 Å². The number of aromatic nitrogens is 4. The highest BCUT2D eigenvalue weighted by Gasteiger charge is 2.43. The predicted octanol–water partition coefficient (Wildman–Crippen LogP) is -2.27. The molecule has 1 aliphatic heterocycles. The average molecular weight is 270 g/mol. The van der Waals surface area contributed by atoms with Crippen molar-refractivity contribution in [2.24, 2.45) is 0 Å². The van der Waals surface area contributed by atoms with Gasteiger partial charge in [-0.25, -0.2) is 9.97 Å². The molecule has 3 rings (SSSR count). The van der Waals surface area contributed by atoms with Gasteiger partial charge in [-0.15, -0.1) is 0 Å². The van der Waals surface area contributed by atoms with Gasteiger partial charge in [-0.05, 0) is 0 Å². The number of imidazole rings is 1. The highest BCUT2D eigenvalue weighted by Crippen LogP contribution is 2.30. The van der Waals surface area contributed by atoms with Crippen molar-refractivity contribution in [3.05, 3.63) is 23.0 Å². The number of H-pyrrole nitrogens is 1. The van der Waals surface area contributed by atoms with E-state index in [4.69, 9.17) is 9.84 Å². The molecule has 9 heteroatoms. The number of aliphatic hydroxyl groups is 3. The Morgan fingerprint density at radius 3 is 2.95 bits per heavy atom. The largest absolute Gasteiger partial charge is 0.394 e. The van der Waals surface area contributed by atoms with E-state index in [2.05, 4.69) is 15.0 Å². The first-order chi connectivity index (χ1) is 9.13. The van der Waals surface area contributed by atoms with Gasteiger partial charge in [0, 0.05) is 0 Å². The van der Waals surface area contributed by atoms with E-state index in [0.29, 0.717) is 0 Å². The number of hydrogen-bond donors (Lipinski definition) is 4. The summed E-state index contributed by atoms with van der Waals surface area (Å²) in [7, 11) is 0. The van der Waals surface area contributed by atoms with E-state index in [1.165, 1.54) is 17.2 Å². The monoisotopic (exact) mass is 270 g/mol. The lowest BCUT2D eigenvalue weighted by Gasteiger charge is -2.16. The van der Waals surface area contributed by atoms with E-state index in [1.54, 1.807) is 0 Å². The molecule has 4 N–H and O–H groups in total. The van der Waals surface area contributed by atoms with Crippen LogP contribution in [-0.2, 0) is 4.74 Å². The SMILES string of the molecule is O=c1[nH]cnc2c1n[14cH]n2[C@@H]1O[C@H](CO)[C@@H](O)[C@H]1O. The van der Waals surface area contributed by atoms with Crippen molar-refractivity contribution in [3.63, 3.8) is 0 Å². The van der Waals surface area contributed by atoms with E-state index >= 15 is 0 Å². The maximum absolute atomic E-state index is 11.5. The Labute approximate surface area is 106 Å². The fraction of sp³-hybridized carbons (Fsp3) is 0.500. The molecule has 2 aromatic rings. The maximum atomic E-state index is 11.5. The molecule has 4 atom stereocenters. The molecule has 0 unspecified atom stereocenters. The van der Waals surface area contributed by atoms with Crippen molar-refractivity contribution < 1.29 is 20.1 Å². The second-order valence-corrected chi connectivity index (χ2v) is 4.28. The Hall–Kier alpha value is -1.81. The minimum absolute atomic E-state index is 0.111. The van der Waals surface area contributed by atoms with Gasteiger partial charge in [-0.3, -0.25) is 9.36 Å². The van der Waals surface area contributed by atoms with Crippen LogP contribution in [0.5, 0.6) is 0 Å². The molecule has 1 fully saturated rings. The minimum Gasteiger partial charge on any atom is -0.394 e. The molecule has 102 valence electrons. The highest BCUT2D eigenvalue weighted by atomic mass is 16.6. The molecule has 1 saturated heterocycles. The van der Waals surface area contributed by atoms with Gasteiger partial charge in [0.2, 0.25) is 0 Å². The number of fused-ring (bicyclic) bond motifs is 1. The molecule has 0 aliphatic carbocycles. The summed E-state index contributed by atoms with van der Waals surface area (Å²) in [6, 6.07) is 0. The summed E-state index contributed by atoms with van der Waals surface area (Å²) in [5, 5.41) is 28.6. The van der Waals surface area contributed by atoms with E-state index in [9.17, 15) is 15.0 Å². The van der Waals surface area contributed by atoms with Crippen LogP contribution in [0.3, 0.4) is 0 Å². The molecule has 3 heterocycles. The summed E-state index contributed by atoms with van der Waals surface area (Å²) >= 11 is 0. The van der Waals surface area contributed by atoms with Gasteiger partial charge in [0.1, 0.15) is 18.3 Å². The first kappa shape index (κ1) is 12.2. The third kappa shape index (κ3) is 1.75. The molecule has 0 amide bonds. The van der Waals surface area contributed by atoms with Gasteiger partial charge in [0.25, 0.3) is 5.56 Å².